The van der Waals surface area contributed by atoms with Gasteiger partial charge < -0.3 is 18.9 Å². The van der Waals surface area contributed by atoms with E-state index in [0.29, 0.717) is 36.3 Å². The third-order valence-electron chi connectivity index (χ3n) is 3.62. The highest BCUT2D eigenvalue weighted by molar-refractivity contribution is 5.92. The average Bonchev–Trinajstić information content (AvgIpc) is 3.01. The zero-order chi connectivity index (χ0) is 16.2. The summed E-state index contributed by atoms with van der Waals surface area (Å²) in [7, 11) is 1.51. The van der Waals surface area contributed by atoms with Crippen LogP contribution in [0.2, 0.25) is 0 Å². The predicted molar refractivity (Wildman–Crippen MR) is 79.4 cm³/mol. The van der Waals surface area contributed by atoms with Crippen LogP contribution in [-0.4, -0.2) is 52.2 Å². The molecule has 1 amide bonds. The lowest BCUT2D eigenvalue weighted by Gasteiger charge is -2.32. The monoisotopic (exact) mass is 318 g/mol. The largest absolute Gasteiger partial charge is 0.477 e. The van der Waals surface area contributed by atoms with E-state index in [1.54, 1.807) is 24.1 Å². The summed E-state index contributed by atoms with van der Waals surface area (Å²) in [6, 6.07) is 1.64. The second-order valence-corrected chi connectivity index (χ2v) is 5.33. The number of likely N-dealkylation sites (tertiary alicyclic amines) is 1. The van der Waals surface area contributed by atoms with Crippen LogP contribution in [0.3, 0.4) is 0 Å². The second kappa shape index (κ2) is 6.64. The van der Waals surface area contributed by atoms with Crippen LogP contribution in [0.25, 0.3) is 0 Å². The van der Waals surface area contributed by atoms with Crippen molar-refractivity contribution in [3.63, 3.8) is 0 Å². The lowest BCUT2D eigenvalue weighted by Crippen LogP contribution is -2.44. The van der Waals surface area contributed by atoms with Gasteiger partial charge in [0.2, 0.25) is 0 Å². The van der Waals surface area contributed by atoms with Crippen molar-refractivity contribution in [1.29, 1.82) is 0 Å². The maximum absolute atomic E-state index is 12.4. The van der Waals surface area contributed by atoms with Crippen molar-refractivity contribution in [3.8, 4) is 11.8 Å². The fraction of sp³-hybridized carbons (Fsp3) is 0.467. The Kier molecular flexibility index (Phi) is 4.40. The number of piperidine rings is 1. The zero-order valence-corrected chi connectivity index (χ0v) is 13.1. The van der Waals surface area contributed by atoms with Gasteiger partial charge in [-0.15, -0.1) is 0 Å². The van der Waals surface area contributed by atoms with Gasteiger partial charge in [0.15, 0.2) is 5.69 Å². The van der Waals surface area contributed by atoms with Gasteiger partial charge in [-0.1, -0.05) is 5.16 Å². The number of aromatic nitrogens is 3. The van der Waals surface area contributed by atoms with Crippen molar-refractivity contribution < 1.29 is 18.8 Å². The Morgan fingerprint density at radius 1 is 1.35 bits per heavy atom. The molecule has 1 atom stereocenters. The molecule has 0 unspecified atom stereocenters. The molecule has 0 N–H and O–H groups in total. The first-order chi connectivity index (χ1) is 11.2. The van der Waals surface area contributed by atoms with Crippen LogP contribution in [0.15, 0.2) is 23.0 Å². The third kappa shape index (κ3) is 3.41. The first-order valence-corrected chi connectivity index (χ1v) is 7.41. The van der Waals surface area contributed by atoms with Crippen LogP contribution >= 0.6 is 0 Å². The molecule has 2 aromatic heterocycles. The molecule has 1 fully saturated rings. The molecule has 3 heterocycles. The van der Waals surface area contributed by atoms with Crippen molar-refractivity contribution in [2.24, 2.45) is 0 Å². The number of ether oxygens (including phenoxy) is 2. The van der Waals surface area contributed by atoms with Crippen molar-refractivity contribution in [1.82, 2.24) is 20.0 Å². The molecular weight excluding hydrogens is 300 g/mol. The van der Waals surface area contributed by atoms with Crippen LogP contribution in [0.5, 0.6) is 11.8 Å². The Morgan fingerprint density at radius 2 is 2.13 bits per heavy atom. The van der Waals surface area contributed by atoms with Gasteiger partial charge in [0.1, 0.15) is 11.9 Å². The lowest BCUT2D eigenvalue weighted by atomic mass is 10.1. The number of rotatable bonds is 4. The quantitative estimate of drug-likeness (QED) is 0.843. The average molecular weight is 318 g/mol. The zero-order valence-electron chi connectivity index (χ0n) is 13.1. The SMILES string of the molecule is COc1nccnc1O[C@@H]1CCCN(C(=O)c2cc(C)on2)C1. The highest BCUT2D eigenvalue weighted by atomic mass is 16.5. The molecular formula is C15H18N4O4. The highest BCUT2D eigenvalue weighted by Gasteiger charge is 2.28. The molecule has 1 aliphatic heterocycles. The Balaban J connectivity index is 1.67. The molecule has 0 radical (unpaired) electrons. The van der Waals surface area contributed by atoms with Crippen molar-refractivity contribution in [2.45, 2.75) is 25.9 Å². The molecule has 0 bridgehead atoms. The van der Waals surface area contributed by atoms with Gasteiger partial charge in [-0.3, -0.25) is 4.79 Å². The number of hydrogen-bond acceptors (Lipinski definition) is 7. The minimum Gasteiger partial charge on any atom is -0.477 e. The Hall–Kier alpha value is -2.64. The third-order valence-corrected chi connectivity index (χ3v) is 3.62. The van der Waals surface area contributed by atoms with Crippen LogP contribution in [0.1, 0.15) is 29.1 Å². The summed E-state index contributed by atoms with van der Waals surface area (Å²) in [6.07, 6.45) is 4.60. The van der Waals surface area contributed by atoms with Crippen LogP contribution in [0.4, 0.5) is 0 Å². The summed E-state index contributed by atoms with van der Waals surface area (Å²) in [5.41, 5.74) is 0.320. The number of carbonyl (C=O) groups is 1. The molecule has 122 valence electrons. The molecule has 8 heteroatoms. The number of carbonyl (C=O) groups excluding carboxylic acids is 1. The topological polar surface area (TPSA) is 90.6 Å². The van der Waals surface area contributed by atoms with E-state index in [-0.39, 0.29) is 12.0 Å². The second-order valence-electron chi connectivity index (χ2n) is 5.33. The summed E-state index contributed by atoms with van der Waals surface area (Å²) >= 11 is 0. The van der Waals surface area contributed by atoms with E-state index in [9.17, 15) is 4.79 Å². The van der Waals surface area contributed by atoms with E-state index in [0.717, 1.165) is 12.8 Å². The summed E-state index contributed by atoms with van der Waals surface area (Å²) in [4.78, 5) is 22.3. The molecule has 8 nitrogen and oxygen atoms in total. The highest BCUT2D eigenvalue weighted by Crippen LogP contribution is 2.24. The van der Waals surface area contributed by atoms with Crippen LogP contribution in [-0.2, 0) is 0 Å². The van der Waals surface area contributed by atoms with Crippen LogP contribution in [0, 0.1) is 6.92 Å². The van der Waals surface area contributed by atoms with E-state index >= 15 is 0 Å². The summed E-state index contributed by atoms with van der Waals surface area (Å²) in [5, 5.41) is 3.78. The number of nitrogens with zero attached hydrogens (tertiary/aromatic N) is 4. The summed E-state index contributed by atoms with van der Waals surface area (Å²) in [6.45, 7) is 2.89. The minimum atomic E-state index is -0.161. The van der Waals surface area contributed by atoms with E-state index in [1.807, 2.05) is 0 Å². The minimum absolute atomic E-state index is 0.152. The van der Waals surface area contributed by atoms with E-state index in [4.69, 9.17) is 14.0 Å². The number of aryl methyl sites for hydroxylation is 1. The van der Waals surface area contributed by atoms with Crippen molar-refractivity contribution >= 4 is 5.91 Å². The smallest absolute Gasteiger partial charge is 0.278 e. The fourth-order valence-electron chi connectivity index (χ4n) is 2.54. The first-order valence-electron chi connectivity index (χ1n) is 7.41. The number of amides is 1. The van der Waals surface area contributed by atoms with Crippen LogP contribution < -0.4 is 9.47 Å². The van der Waals surface area contributed by atoms with Gasteiger partial charge >= 0.3 is 0 Å². The normalized spacial score (nSPS) is 17.8. The van der Waals surface area contributed by atoms with E-state index in [2.05, 4.69) is 15.1 Å². The molecule has 0 aliphatic carbocycles. The van der Waals surface area contributed by atoms with Gasteiger partial charge in [-0.2, -0.15) is 0 Å². The van der Waals surface area contributed by atoms with Gasteiger partial charge in [0.05, 0.1) is 13.7 Å². The lowest BCUT2D eigenvalue weighted by molar-refractivity contribution is 0.0510. The van der Waals surface area contributed by atoms with E-state index in [1.165, 1.54) is 13.3 Å². The number of methoxy groups -OCH3 is 1. The van der Waals surface area contributed by atoms with Gasteiger partial charge in [0.25, 0.3) is 17.7 Å². The molecule has 1 saturated heterocycles. The van der Waals surface area contributed by atoms with Gasteiger partial charge in [-0.25, -0.2) is 9.97 Å². The van der Waals surface area contributed by atoms with Crippen molar-refractivity contribution in [2.75, 3.05) is 20.2 Å². The summed E-state index contributed by atoms with van der Waals surface area (Å²) in [5.74, 6) is 1.14. The maximum Gasteiger partial charge on any atom is 0.278 e. The standard InChI is InChI=1S/C15H18N4O4/c1-10-8-12(18-23-10)15(20)19-7-3-4-11(9-19)22-14-13(21-2)16-5-6-17-14/h5-6,8,11H,3-4,7,9H2,1-2H3/t11-/m1/s1. The molecule has 0 spiro atoms. The van der Waals surface area contributed by atoms with Crippen molar-refractivity contribution in [3.05, 3.63) is 29.9 Å². The van der Waals surface area contributed by atoms with Gasteiger partial charge in [-0.05, 0) is 19.8 Å². The van der Waals surface area contributed by atoms with Gasteiger partial charge in [0, 0.05) is 25.0 Å². The summed E-state index contributed by atoms with van der Waals surface area (Å²) < 4.78 is 16.0. The predicted octanol–water partition coefficient (Wildman–Crippen LogP) is 1.47. The molecule has 2 aromatic rings. The number of hydrogen-bond donors (Lipinski definition) is 0. The Bertz CT molecular complexity index is 688. The Morgan fingerprint density at radius 3 is 2.83 bits per heavy atom. The first kappa shape index (κ1) is 15.3. The molecule has 0 aromatic carbocycles. The Labute approximate surface area is 133 Å². The fourth-order valence-corrected chi connectivity index (χ4v) is 2.54. The molecule has 3 rings (SSSR count). The maximum atomic E-state index is 12.4. The molecule has 23 heavy (non-hydrogen) atoms. The van der Waals surface area contributed by atoms with E-state index < -0.39 is 0 Å². The molecule has 0 saturated carbocycles. The molecule has 1 aliphatic rings.